The number of aromatic nitrogens is 3. The summed E-state index contributed by atoms with van der Waals surface area (Å²) in [5, 5.41) is 5.47. The van der Waals surface area contributed by atoms with Gasteiger partial charge in [-0.3, -0.25) is 0 Å². The zero-order valence-corrected chi connectivity index (χ0v) is 16.9. The lowest BCUT2D eigenvalue weighted by molar-refractivity contribution is 0.415. The quantitative estimate of drug-likeness (QED) is 0.519. The van der Waals surface area contributed by atoms with Crippen molar-refractivity contribution in [2.75, 3.05) is 12.9 Å². The molecule has 5 rings (SSSR count). The van der Waals surface area contributed by atoms with Gasteiger partial charge in [-0.25, -0.2) is 18.1 Å². The number of rotatable bonds is 3. The highest BCUT2D eigenvalue weighted by Gasteiger charge is 2.34. The van der Waals surface area contributed by atoms with Gasteiger partial charge in [-0.05, 0) is 36.8 Å². The zero-order chi connectivity index (χ0) is 20.2. The average molecular weight is 405 g/mol. The van der Waals surface area contributed by atoms with Gasteiger partial charge >= 0.3 is 0 Å². The Labute approximate surface area is 168 Å². The first-order chi connectivity index (χ1) is 14.0. The lowest BCUT2D eigenvalue weighted by Crippen LogP contribution is -2.03. The molecule has 1 aliphatic rings. The number of aryl methyl sites for hydroxylation is 2. The maximum absolute atomic E-state index is 12.9. The van der Waals surface area contributed by atoms with Gasteiger partial charge in [0.05, 0.1) is 40.2 Å². The molecule has 0 unspecified atom stereocenters. The summed E-state index contributed by atoms with van der Waals surface area (Å²) >= 11 is 0. The number of pyridine rings is 1. The smallest absolute Gasteiger partial charge is 0.181 e. The van der Waals surface area contributed by atoms with Crippen LogP contribution in [-0.2, 0) is 16.3 Å². The van der Waals surface area contributed by atoms with E-state index in [1.54, 1.807) is 11.8 Å². The lowest BCUT2D eigenvalue weighted by Gasteiger charge is -2.12. The minimum absolute atomic E-state index is 0.0862. The molecule has 7 heteroatoms. The third kappa shape index (κ3) is 2.73. The molecule has 6 nitrogen and oxygen atoms in total. The second kappa shape index (κ2) is 6.42. The van der Waals surface area contributed by atoms with Crippen molar-refractivity contribution in [3.05, 3.63) is 66.0 Å². The summed E-state index contributed by atoms with van der Waals surface area (Å²) < 4.78 is 32.9. The number of benzene rings is 2. The first kappa shape index (κ1) is 17.9. The number of nitrogens with zero attached hydrogens (tertiary/aromatic N) is 3. The molecule has 0 N–H and O–H groups in total. The Balaban J connectivity index is 1.90. The number of sulfone groups is 1. The molecule has 0 spiro atoms. The third-order valence-electron chi connectivity index (χ3n) is 5.31. The Morgan fingerprint density at radius 3 is 2.45 bits per heavy atom. The Morgan fingerprint density at radius 1 is 1.03 bits per heavy atom. The van der Waals surface area contributed by atoms with Gasteiger partial charge in [0.15, 0.2) is 15.5 Å². The molecule has 2 aromatic heterocycles. The fourth-order valence-corrected chi connectivity index (χ4v) is 5.67. The SMILES string of the molecule is COc1ccc(-c2c3c(nc4c2c(C)nn4-c2ccccc2)CCS3(=O)=O)cc1. The third-order valence-corrected chi connectivity index (χ3v) is 7.12. The van der Waals surface area contributed by atoms with Crippen LogP contribution in [0.1, 0.15) is 11.4 Å². The van der Waals surface area contributed by atoms with Gasteiger partial charge in [0.2, 0.25) is 0 Å². The van der Waals surface area contributed by atoms with Crippen LogP contribution in [0.3, 0.4) is 0 Å². The van der Waals surface area contributed by atoms with Gasteiger partial charge in [-0.15, -0.1) is 0 Å². The number of para-hydroxylation sites is 1. The zero-order valence-electron chi connectivity index (χ0n) is 16.1. The van der Waals surface area contributed by atoms with Crippen LogP contribution in [0.15, 0.2) is 59.5 Å². The predicted octanol–water partition coefficient (Wildman–Crippen LogP) is 3.73. The van der Waals surface area contributed by atoms with Crippen LogP contribution < -0.4 is 4.74 Å². The molecule has 0 radical (unpaired) electrons. The first-order valence-electron chi connectivity index (χ1n) is 9.34. The monoisotopic (exact) mass is 405 g/mol. The van der Waals surface area contributed by atoms with E-state index in [2.05, 4.69) is 0 Å². The lowest BCUT2D eigenvalue weighted by atomic mass is 10.0. The maximum Gasteiger partial charge on any atom is 0.181 e. The summed E-state index contributed by atoms with van der Waals surface area (Å²) in [6.07, 6.45) is 0.412. The van der Waals surface area contributed by atoms with Gasteiger partial charge in [0.1, 0.15) is 5.75 Å². The van der Waals surface area contributed by atoms with Gasteiger partial charge in [-0.1, -0.05) is 30.3 Å². The Hall–Kier alpha value is -3.19. The van der Waals surface area contributed by atoms with Gasteiger partial charge in [-0.2, -0.15) is 5.10 Å². The van der Waals surface area contributed by atoms with Crippen molar-refractivity contribution in [2.24, 2.45) is 0 Å². The molecule has 0 bridgehead atoms. The molecular weight excluding hydrogens is 386 g/mol. The highest BCUT2D eigenvalue weighted by molar-refractivity contribution is 7.91. The van der Waals surface area contributed by atoms with E-state index in [-0.39, 0.29) is 5.75 Å². The summed E-state index contributed by atoms with van der Waals surface area (Å²) in [5.74, 6) is 0.804. The number of hydrogen-bond acceptors (Lipinski definition) is 5. The molecule has 0 amide bonds. The van der Waals surface area contributed by atoms with E-state index in [4.69, 9.17) is 14.8 Å². The molecule has 146 valence electrons. The fourth-order valence-electron chi connectivity index (χ4n) is 3.97. The summed E-state index contributed by atoms with van der Waals surface area (Å²) in [4.78, 5) is 5.10. The van der Waals surface area contributed by atoms with Crippen molar-refractivity contribution in [3.63, 3.8) is 0 Å². The Morgan fingerprint density at radius 2 is 1.76 bits per heavy atom. The van der Waals surface area contributed by atoms with E-state index < -0.39 is 9.84 Å². The second-order valence-electron chi connectivity index (χ2n) is 7.09. The molecule has 3 heterocycles. The molecule has 1 aliphatic heterocycles. The molecule has 0 atom stereocenters. The minimum atomic E-state index is -3.39. The molecule has 0 fully saturated rings. The standard InChI is InChI=1S/C22H19N3O3S/c1-14-19-20(15-8-10-17(28-2)11-9-15)21-18(12-13-29(21,26)27)23-22(19)25(24-14)16-6-4-3-5-7-16/h3-11H,12-13H2,1-2H3. The molecule has 0 saturated carbocycles. The largest absolute Gasteiger partial charge is 0.497 e. The molecule has 2 aromatic carbocycles. The molecule has 4 aromatic rings. The summed E-state index contributed by atoms with van der Waals surface area (Å²) in [6, 6.07) is 17.2. The van der Waals surface area contributed by atoms with Gasteiger partial charge in [0, 0.05) is 12.0 Å². The average Bonchev–Trinajstić information content (AvgIpc) is 3.24. The van der Waals surface area contributed by atoms with Gasteiger partial charge in [0.25, 0.3) is 0 Å². The van der Waals surface area contributed by atoms with Crippen molar-refractivity contribution in [3.8, 4) is 22.6 Å². The predicted molar refractivity (Wildman–Crippen MR) is 111 cm³/mol. The number of hydrogen-bond donors (Lipinski definition) is 0. The Bertz CT molecular complexity index is 1340. The number of methoxy groups -OCH3 is 1. The second-order valence-corrected chi connectivity index (χ2v) is 9.14. The van der Waals surface area contributed by atoms with Crippen LogP contribution in [0, 0.1) is 6.92 Å². The minimum Gasteiger partial charge on any atom is -0.497 e. The summed E-state index contributed by atoms with van der Waals surface area (Å²) in [7, 11) is -1.79. The van der Waals surface area contributed by atoms with Crippen LogP contribution in [0.25, 0.3) is 27.8 Å². The van der Waals surface area contributed by atoms with Crippen LogP contribution in [0.2, 0.25) is 0 Å². The van der Waals surface area contributed by atoms with Crippen molar-refractivity contribution < 1.29 is 13.2 Å². The van der Waals surface area contributed by atoms with Gasteiger partial charge < -0.3 is 4.74 Å². The maximum atomic E-state index is 12.9. The molecular formula is C22H19N3O3S. The highest BCUT2D eigenvalue weighted by atomic mass is 32.2. The van der Waals surface area contributed by atoms with Crippen molar-refractivity contribution in [1.82, 2.24) is 14.8 Å². The summed E-state index contributed by atoms with van der Waals surface area (Å²) in [6.45, 7) is 1.89. The van der Waals surface area contributed by atoms with E-state index in [9.17, 15) is 8.42 Å². The van der Waals surface area contributed by atoms with E-state index in [0.717, 1.165) is 28.1 Å². The van der Waals surface area contributed by atoms with E-state index in [1.165, 1.54) is 0 Å². The molecule has 0 aliphatic carbocycles. The van der Waals surface area contributed by atoms with Crippen LogP contribution in [0.5, 0.6) is 5.75 Å². The van der Waals surface area contributed by atoms with E-state index >= 15 is 0 Å². The number of ether oxygens (including phenoxy) is 1. The molecule has 0 saturated heterocycles. The highest BCUT2D eigenvalue weighted by Crippen LogP contribution is 2.41. The normalized spacial score (nSPS) is 14.8. The van der Waals surface area contributed by atoms with Crippen molar-refractivity contribution in [1.29, 1.82) is 0 Å². The first-order valence-corrected chi connectivity index (χ1v) is 11.0. The topological polar surface area (TPSA) is 74.1 Å². The number of fused-ring (bicyclic) bond motifs is 2. The molecule has 29 heavy (non-hydrogen) atoms. The van der Waals surface area contributed by atoms with Crippen molar-refractivity contribution >= 4 is 20.9 Å². The summed E-state index contributed by atoms with van der Waals surface area (Å²) in [5.41, 5.74) is 4.42. The Kier molecular flexibility index (Phi) is 3.96. The van der Waals surface area contributed by atoms with Crippen LogP contribution >= 0.6 is 0 Å². The fraction of sp³-hybridized carbons (Fsp3) is 0.182. The van der Waals surface area contributed by atoms with Crippen LogP contribution in [0.4, 0.5) is 0 Å². The van der Waals surface area contributed by atoms with E-state index in [0.29, 0.717) is 28.2 Å². The van der Waals surface area contributed by atoms with Crippen LogP contribution in [-0.4, -0.2) is 36.0 Å². The van der Waals surface area contributed by atoms with E-state index in [1.807, 2.05) is 61.5 Å². The van der Waals surface area contributed by atoms with Crippen molar-refractivity contribution in [2.45, 2.75) is 18.2 Å².